The van der Waals surface area contributed by atoms with Gasteiger partial charge in [0.2, 0.25) is 17.8 Å². The van der Waals surface area contributed by atoms with Gasteiger partial charge in [0.25, 0.3) is 5.91 Å². The van der Waals surface area contributed by atoms with Gasteiger partial charge in [-0.3, -0.25) is 4.79 Å². The molecule has 10 heteroatoms. The number of nitrogens with zero attached hydrogens (tertiary/aromatic N) is 3. The fourth-order valence-electron chi connectivity index (χ4n) is 2.89. The van der Waals surface area contributed by atoms with Crippen molar-refractivity contribution in [3.8, 4) is 0 Å². The molecule has 1 amide bonds. The number of anilines is 4. The number of ether oxygens (including phenoxy) is 2. The Bertz CT molecular complexity index is 1040. The predicted molar refractivity (Wildman–Crippen MR) is 137 cm³/mol. The highest BCUT2D eigenvalue weighted by Crippen LogP contribution is 2.15. The maximum Gasteiger partial charge on any atom is 0.251 e. The summed E-state index contributed by atoms with van der Waals surface area (Å²) in [6.07, 6.45) is 1.73. The Balaban J connectivity index is 1.31. The smallest absolute Gasteiger partial charge is 0.251 e. The van der Waals surface area contributed by atoms with E-state index in [1.165, 1.54) is 0 Å². The lowest BCUT2D eigenvalue weighted by atomic mass is 10.2. The molecule has 2 aromatic carbocycles. The predicted octanol–water partition coefficient (Wildman–Crippen LogP) is 3.09. The fourth-order valence-corrected chi connectivity index (χ4v) is 2.89. The van der Waals surface area contributed by atoms with E-state index in [1.54, 1.807) is 18.2 Å². The molecule has 0 atom stereocenters. The summed E-state index contributed by atoms with van der Waals surface area (Å²) in [5, 5.41) is 12.2. The van der Waals surface area contributed by atoms with Crippen molar-refractivity contribution >= 4 is 29.4 Å². The van der Waals surface area contributed by atoms with Gasteiger partial charge in [-0.2, -0.15) is 15.0 Å². The molecule has 0 aliphatic rings. The molecule has 3 rings (SSSR count). The number of carbonyl (C=O) groups excluding carboxylic acids is 1. The first kappa shape index (κ1) is 25.6. The third-order valence-electron chi connectivity index (χ3n) is 4.54. The largest absolute Gasteiger partial charge is 0.377 e. The second-order valence-corrected chi connectivity index (χ2v) is 7.24. The minimum absolute atomic E-state index is 0.111. The number of nitrogens with one attached hydrogen (secondary N) is 4. The number of aromatic nitrogens is 3. The molecule has 10 nitrogen and oxygen atoms in total. The first-order valence-corrected chi connectivity index (χ1v) is 11.4. The summed E-state index contributed by atoms with van der Waals surface area (Å²) in [7, 11) is 0. The summed E-state index contributed by atoms with van der Waals surface area (Å²) >= 11 is 0. The molecule has 0 fully saturated rings. The van der Waals surface area contributed by atoms with Gasteiger partial charge in [0.1, 0.15) is 0 Å². The molecule has 0 unspecified atom stereocenters. The molecule has 0 aliphatic carbocycles. The zero-order chi connectivity index (χ0) is 24.6. The molecule has 0 saturated heterocycles. The van der Waals surface area contributed by atoms with Gasteiger partial charge in [-0.25, -0.2) is 0 Å². The maximum atomic E-state index is 11.9. The van der Waals surface area contributed by atoms with Gasteiger partial charge in [-0.05, 0) is 24.3 Å². The van der Waals surface area contributed by atoms with Crippen LogP contribution in [-0.2, 0) is 9.47 Å². The van der Waals surface area contributed by atoms with Crippen LogP contribution >= 0.6 is 0 Å². The zero-order valence-corrected chi connectivity index (χ0v) is 19.6. The van der Waals surface area contributed by atoms with Crippen molar-refractivity contribution in [3.05, 3.63) is 78.9 Å². The third kappa shape index (κ3) is 9.78. The minimum atomic E-state index is -0.111. The van der Waals surface area contributed by atoms with Crippen LogP contribution in [0.2, 0.25) is 0 Å². The van der Waals surface area contributed by atoms with E-state index < -0.39 is 0 Å². The highest BCUT2D eigenvalue weighted by atomic mass is 16.5. The van der Waals surface area contributed by atoms with Crippen LogP contribution in [0.15, 0.2) is 73.3 Å². The maximum absolute atomic E-state index is 11.9. The van der Waals surface area contributed by atoms with Crippen LogP contribution in [0, 0.1) is 0 Å². The van der Waals surface area contributed by atoms with Crippen molar-refractivity contribution in [1.29, 1.82) is 0 Å². The quantitative estimate of drug-likeness (QED) is 0.182. The Morgan fingerprint density at radius 2 is 1.37 bits per heavy atom. The molecule has 0 bridgehead atoms. The molecular formula is C25H31N7O3. The van der Waals surface area contributed by atoms with Gasteiger partial charge in [-0.15, -0.1) is 6.58 Å². The number of carbonyl (C=O) groups is 1. The summed E-state index contributed by atoms with van der Waals surface area (Å²) in [5.41, 5.74) is 1.51. The van der Waals surface area contributed by atoms with Crippen molar-refractivity contribution in [2.75, 3.05) is 62.0 Å². The summed E-state index contributed by atoms with van der Waals surface area (Å²) in [4.78, 5) is 25.1. The highest BCUT2D eigenvalue weighted by Gasteiger charge is 2.07. The van der Waals surface area contributed by atoms with Gasteiger partial charge in [0, 0.05) is 30.9 Å². The van der Waals surface area contributed by atoms with Crippen molar-refractivity contribution in [2.45, 2.75) is 0 Å². The average Bonchev–Trinajstić information content (AvgIpc) is 2.89. The molecule has 0 spiro atoms. The van der Waals surface area contributed by atoms with Gasteiger partial charge < -0.3 is 30.7 Å². The molecule has 3 aromatic rings. The molecule has 1 heterocycles. The molecule has 35 heavy (non-hydrogen) atoms. The molecular weight excluding hydrogens is 446 g/mol. The Morgan fingerprint density at radius 1 is 0.771 bits per heavy atom. The van der Waals surface area contributed by atoms with Crippen LogP contribution in [0.5, 0.6) is 0 Å². The van der Waals surface area contributed by atoms with E-state index in [4.69, 9.17) is 9.47 Å². The SMILES string of the molecule is C=CCNc1nc(NCCOCCOCCNC(=O)c2ccccc2)nc(Nc2ccccc2)n1. The van der Waals surface area contributed by atoms with E-state index >= 15 is 0 Å². The summed E-state index contributed by atoms with van der Waals surface area (Å²) in [6, 6.07) is 18.7. The normalized spacial score (nSPS) is 10.4. The first-order valence-electron chi connectivity index (χ1n) is 11.4. The average molecular weight is 478 g/mol. The third-order valence-corrected chi connectivity index (χ3v) is 4.54. The second-order valence-electron chi connectivity index (χ2n) is 7.24. The minimum Gasteiger partial charge on any atom is -0.377 e. The van der Waals surface area contributed by atoms with Crippen molar-refractivity contribution < 1.29 is 14.3 Å². The Kier molecular flexibility index (Phi) is 11.0. The Morgan fingerprint density at radius 3 is 2.06 bits per heavy atom. The number of hydrogen-bond acceptors (Lipinski definition) is 9. The lowest BCUT2D eigenvalue weighted by molar-refractivity contribution is 0.0519. The number of amides is 1. The van der Waals surface area contributed by atoms with Crippen LogP contribution < -0.4 is 21.3 Å². The van der Waals surface area contributed by atoms with Crippen LogP contribution in [0.25, 0.3) is 0 Å². The summed E-state index contributed by atoms with van der Waals surface area (Å²) in [5.74, 6) is 1.18. The lowest BCUT2D eigenvalue weighted by Crippen LogP contribution is -2.27. The number of benzene rings is 2. The van der Waals surface area contributed by atoms with Crippen LogP contribution in [0.1, 0.15) is 10.4 Å². The van der Waals surface area contributed by atoms with Gasteiger partial charge in [-0.1, -0.05) is 42.5 Å². The molecule has 0 radical (unpaired) electrons. The van der Waals surface area contributed by atoms with Crippen molar-refractivity contribution in [1.82, 2.24) is 20.3 Å². The van der Waals surface area contributed by atoms with Crippen LogP contribution in [0.3, 0.4) is 0 Å². The van der Waals surface area contributed by atoms with Crippen LogP contribution in [-0.4, -0.2) is 66.9 Å². The van der Waals surface area contributed by atoms with Gasteiger partial charge in [0.05, 0.1) is 26.4 Å². The van der Waals surface area contributed by atoms with E-state index in [1.807, 2.05) is 48.5 Å². The zero-order valence-electron chi connectivity index (χ0n) is 19.6. The van der Waals surface area contributed by atoms with E-state index in [-0.39, 0.29) is 5.91 Å². The van der Waals surface area contributed by atoms with E-state index in [2.05, 4.69) is 42.8 Å². The summed E-state index contributed by atoms with van der Waals surface area (Å²) in [6.45, 7) is 6.95. The monoisotopic (exact) mass is 477 g/mol. The number of rotatable bonds is 16. The Labute approximate surface area is 205 Å². The van der Waals surface area contributed by atoms with Crippen LogP contribution in [0.4, 0.5) is 23.5 Å². The number of hydrogen-bond donors (Lipinski definition) is 4. The molecule has 184 valence electrons. The summed E-state index contributed by atoms with van der Waals surface area (Å²) < 4.78 is 11.1. The van der Waals surface area contributed by atoms with Crippen molar-refractivity contribution in [3.63, 3.8) is 0 Å². The topological polar surface area (TPSA) is 122 Å². The van der Waals surface area contributed by atoms with Gasteiger partial charge in [0.15, 0.2) is 0 Å². The number of para-hydroxylation sites is 1. The van der Waals surface area contributed by atoms with Gasteiger partial charge >= 0.3 is 0 Å². The molecule has 0 aliphatic heterocycles. The molecule has 1 aromatic heterocycles. The Hall–Kier alpha value is -4.02. The highest BCUT2D eigenvalue weighted by molar-refractivity contribution is 5.94. The van der Waals surface area contributed by atoms with E-state index in [9.17, 15) is 4.79 Å². The van der Waals surface area contributed by atoms with E-state index in [0.29, 0.717) is 69.5 Å². The molecule has 4 N–H and O–H groups in total. The second kappa shape index (κ2) is 15.0. The van der Waals surface area contributed by atoms with Crippen molar-refractivity contribution in [2.24, 2.45) is 0 Å². The molecule has 0 saturated carbocycles. The lowest BCUT2D eigenvalue weighted by Gasteiger charge is -2.11. The first-order chi connectivity index (χ1) is 17.2. The fraction of sp³-hybridized carbons (Fsp3) is 0.280. The van der Waals surface area contributed by atoms with E-state index in [0.717, 1.165) is 5.69 Å². The standard InChI is InChI=1S/C25H31N7O3/c1-2-13-27-23-30-24(32-25(31-23)29-21-11-7-4-8-12-21)28-15-17-35-19-18-34-16-14-26-22(33)20-9-5-3-6-10-20/h2-12H,1,13-19H2,(H,26,33)(H3,27,28,29,30,31,32).